The number of phenolic OH excluding ortho intramolecular Hbond substituents is 1. The van der Waals surface area contributed by atoms with E-state index in [0.717, 1.165) is 10.8 Å². The summed E-state index contributed by atoms with van der Waals surface area (Å²) < 4.78 is 2.27. The molecule has 2 aromatic carbocycles. The number of phenols is 1. The van der Waals surface area contributed by atoms with Crippen LogP contribution in [0.15, 0.2) is 60.0 Å². The Kier molecular flexibility index (Phi) is 7.46. The van der Waals surface area contributed by atoms with Gasteiger partial charge in [-0.05, 0) is 49.0 Å². The molecule has 0 unspecified atom stereocenters. The Morgan fingerprint density at radius 3 is 2.52 bits per heavy atom. The molecule has 1 heterocycles. The smallest absolute Gasteiger partial charge is 0.123 e. The molecule has 4 heteroatoms. The van der Waals surface area contributed by atoms with Crippen molar-refractivity contribution < 1.29 is 5.11 Å². The molecule has 0 spiro atoms. The fourth-order valence-corrected chi connectivity index (χ4v) is 3.29. The van der Waals surface area contributed by atoms with E-state index in [9.17, 15) is 5.11 Å². The van der Waals surface area contributed by atoms with Crippen molar-refractivity contribution in [3.63, 3.8) is 0 Å². The summed E-state index contributed by atoms with van der Waals surface area (Å²) in [5, 5.41) is 13.5. The number of thiophene rings is 1. The van der Waals surface area contributed by atoms with E-state index in [1.807, 2.05) is 47.7 Å². The van der Waals surface area contributed by atoms with Crippen molar-refractivity contribution in [2.45, 2.75) is 12.8 Å². The average molecular weight is 346 g/mol. The van der Waals surface area contributed by atoms with E-state index in [0.29, 0.717) is 5.75 Å². The Balaban J connectivity index is 0.000000167. The van der Waals surface area contributed by atoms with Crippen molar-refractivity contribution in [1.82, 2.24) is 4.31 Å². The Hall–Kier alpha value is -1.49. The van der Waals surface area contributed by atoms with Gasteiger partial charge < -0.3 is 5.11 Å². The zero-order valence-electron chi connectivity index (χ0n) is 13.6. The highest BCUT2D eigenvalue weighted by molar-refractivity contribution is 7.96. The van der Waals surface area contributed by atoms with Crippen LogP contribution in [0.3, 0.4) is 0 Å². The minimum absolute atomic E-state index is 0.350. The largest absolute Gasteiger partial charge is 0.507 e. The highest BCUT2D eigenvalue weighted by Gasteiger charge is 1.97. The van der Waals surface area contributed by atoms with Gasteiger partial charge in [-0.2, -0.15) is 0 Å². The predicted octanol–water partition coefficient (Wildman–Crippen LogP) is 5.44. The van der Waals surface area contributed by atoms with E-state index < -0.39 is 0 Å². The molecular weight excluding hydrogens is 322 g/mol. The van der Waals surface area contributed by atoms with Crippen LogP contribution in [0.25, 0.3) is 10.8 Å². The Morgan fingerprint density at radius 1 is 1.04 bits per heavy atom. The van der Waals surface area contributed by atoms with Gasteiger partial charge in [0.1, 0.15) is 5.75 Å². The molecule has 122 valence electrons. The van der Waals surface area contributed by atoms with E-state index in [1.165, 1.54) is 24.3 Å². The van der Waals surface area contributed by atoms with Crippen molar-refractivity contribution in [1.29, 1.82) is 0 Å². The molecular formula is C19H23NOS2. The molecule has 23 heavy (non-hydrogen) atoms. The van der Waals surface area contributed by atoms with Crippen LogP contribution in [0.2, 0.25) is 0 Å². The van der Waals surface area contributed by atoms with Gasteiger partial charge in [0.05, 0.1) is 0 Å². The molecule has 0 aliphatic rings. The van der Waals surface area contributed by atoms with Gasteiger partial charge in [-0.15, -0.1) is 11.3 Å². The lowest BCUT2D eigenvalue weighted by molar-refractivity contribution is 0.481. The second kappa shape index (κ2) is 9.60. The summed E-state index contributed by atoms with van der Waals surface area (Å²) in [5.41, 5.74) is 0. The molecule has 0 atom stereocenters. The van der Waals surface area contributed by atoms with E-state index >= 15 is 0 Å². The van der Waals surface area contributed by atoms with Gasteiger partial charge in [-0.1, -0.05) is 54.4 Å². The molecule has 3 rings (SSSR count). The summed E-state index contributed by atoms with van der Waals surface area (Å²) in [4.78, 5) is 1.50. The number of hydrogen-bond acceptors (Lipinski definition) is 4. The Bertz CT molecular complexity index is 692. The van der Waals surface area contributed by atoms with Crippen molar-refractivity contribution in [2.24, 2.45) is 0 Å². The maximum Gasteiger partial charge on any atom is 0.123 e. The molecule has 1 N–H and O–H groups in total. The third-order valence-electron chi connectivity index (χ3n) is 3.55. The molecule has 2 nitrogen and oxygen atoms in total. The SMILES string of the molecule is CSN(C)CCCc1cccs1.Oc1cccc2ccccc12. The normalized spacial score (nSPS) is 10.6. The minimum Gasteiger partial charge on any atom is -0.507 e. The maximum atomic E-state index is 9.37. The monoisotopic (exact) mass is 345 g/mol. The molecule has 0 bridgehead atoms. The van der Waals surface area contributed by atoms with Gasteiger partial charge in [0.25, 0.3) is 0 Å². The summed E-state index contributed by atoms with van der Waals surface area (Å²) >= 11 is 3.66. The maximum absolute atomic E-state index is 9.37. The highest BCUT2D eigenvalue weighted by Crippen LogP contribution is 2.22. The second-order valence-corrected chi connectivity index (χ2v) is 7.24. The van der Waals surface area contributed by atoms with Crippen molar-refractivity contribution in [3.05, 3.63) is 64.9 Å². The molecule has 0 amide bonds. The first kappa shape index (κ1) is 17.9. The number of fused-ring (bicyclic) bond motifs is 1. The molecule has 0 saturated heterocycles. The van der Waals surface area contributed by atoms with E-state index in [1.54, 1.807) is 18.0 Å². The predicted molar refractivity (Wildman–Crippen MR) is 104 cm³/mol. The summed E-state index contributed by atoms with van der Waals surface area (Å²) in [6, 6.07) is 17.6. The van der Waals surface area contributed by atoms with Gasteiger partial charge in [-0.25, -0.2) is 0 Å². The number of hydrogen-bond donors (Lipinski definition) is 1. The standard InChI is InChI=1S/C10H8O.C9H15NS2/c11-10-7-3-5-8-4-1-2-6-9(8)10;1-10(11-2)7-3-5-9-6-4-8-12-9/h1-7,11H;4,6,8H,3,5,7H2,1-2H3. The van der Waals surface area contributed by atoms with E-state index in [2.05, 4.69) is 35.1 Å². The number of nitrogens with zero attached hydrogens (tertiary/aromatic N) is 1. The van der Waals surface area contributed by atoms with E-state index in [-0.39, 0.29) is 0 Å². The van der Waals surface area contributed by atoms with Gasteiger partial charge in [-0.3, -0.25) is 4.31 Å². The van der Waals surface area contributed by atoms with Crippen molar-refractivity contribution in [3.8, 4) is 5.75 Å². The van der Waals surface area contributed by atoms with Crippen molar-refractivity contribution in [2.75, 3.05) is 19.8 Å². The minimum atomic E-state index is 0.350. The first-order valence-electron chi connectivity index (χ1n) is 7.65. The van der Waals surface area contributed by atoms with Crippen LogP contribution in [-0.2, 0) is 6.42 Å². The molecule has 0 radical (unpaired) electrons. The molecule has 1 aromatic heterocycles. The number of aryl methyl sites for hydroxylation is 1. The zero-order chi connectivity index (χ0) is 16.5. The topological polar surface area (TPSA) is 23.5 Å². The molecule has 0 aliphatic heterocycles. The Morgan fingerprint density at radius 2 is 1.83 bits per heavy atom. The third-order valence-corrected chi connectivity index (χ3v) is 5.30. The average Bonchev–Trinajstić information content (AvgIpc) is 3.09. The molecule has 0 aliphatic carbocycles. The van der Waals surface area contributed by atoms with Crippen LogP contribution < -0.4 is 0 Å². The van der Waals surface area contributed by atoms with Crippen LogP contribution in [0, 0.1) is 0 Å². The lowest BCUT2D eigenvalue weighted by Gasteiger charge is -2.11. The number of aromatic hydroxyl groups is 1. The van der Waals surface area contributed by atoms with Gasteiger partial charge in [0.2, 0.25) is 0 Å². The number of rotatable bonds is 5. The summed E-state index contributed by atoms with van der Waals surface area (Å²) in [7, 11) is 2.14. The van der Waals surface area contributed by atoms with Crippen LogP contribution in [0.5, 0.6) is 5.75 Å². The molecule has 0 fully saturated rings. The van der Waals surface area contributed by atoms with Crippen molar-refractivity contribution >= 4 is 34.1 Å². The van der Waals surface area contributed by atoms with E-state index in [4.69, 9.17) is 0 Å². The summed E-state index contributed by atoms with van der Waals surface area (Å²) in [6.45, 7) is 1.18. The van der Waals surface area contributed by atoms with Crippen LogP contribution in [0.4, 0.5) is 0 Å². The van der Waals surface area contributed by atoms with Gasteiger partial charge in [0, 0.05) is 16.8 Å². The number of benzene rings is 2. The lowest BCUT2D eigenvalue weighted by Crippen LogP contribution is -2.10. The molecule has 3 aromatic rings. The van der Waals surface area contributed by atoms with Crippen LogP contribution >= 0.6 is 23.3 Å². The van der Waals surface area contributed by atoms with Gasteiger partial charge in [0.15, 0.2) is 0 Å². The second-order valence-electron chi connectivity index (χ2n) is 5.22. The fourth-order valence-electron chi connectivity index (χ4n) is 2.23. The van der Waals surface area contributed by atoms with Gasteiger partial charge >= 0.3 is 0 Å². The van der Waals surface area contributed by atoms with Crippen LogP contribution in [0.1, 0.15) is 11.3 Å². The first-order valence-corrected chi connectivity index (χ1v) is 9.71. The Labute approximate surface area is 146 Å². The zero-order valence-corrected chi connectivity index (χ0v) is 15.2. The first-order chi connectivity index (χ1) is 11.2. The quantitative estimate of drug-likeness (QED) is 0.623. The summed E-state index contributed by atoms with van der Waals surface area (Å²) in [6.07, 6.45) is 4.60. The van der Waals surface area contributed by atoms with Crippen LogP contribution in [-0.4, -0.2) is 29.3 Å². The lowest BCUT2D eigenvalue weighted by atomic mass is 10.1. The highest BCUT2D eigenvalue weighted by atomic mass is 32.2. The third kappa shape index (κ3) is 5.90. The fraction of sp³-hybridized carbons (Fsp3) is 0.263. The molecule has 0 saturated carbocycles. The summed E-state index contributed by atoms with van der Waals surface area (Å²) in [5.74, 6) is 0.350.